The molecule has 0 heterocycles. The van der Waals surface area contributed by atoms with E-state index in [0.29, 0.717) is 5.56 Å². The molecular weight excluding hydrogens is 252 g/mol. The molecule has 0 aliphatic carbocycles. The molecule has 0 radical (unpaired) electrons. The Morgan fingerprint density at radius 3 is 1.72 bits per heavy atom. The quantitative estimate of drug-likeness (QED) is 0.710. The van der Waals surface area contributed by atoms with E-state index in [1.807, 2.05) is 13.8 Å². The molecule has 0 saturated carbocycles. The van der Waals surface area contributed by atoms with Gasteiger partial charge in [0.15, 0.2) is 0 Å². The van der Waals surface area contributed by atoms with Crippen LogP contribution in [0.15, 0.2) is 18.2 Å². The lowest BCUT2D eigenvalue weighted by Gasteiger charge is -2.14. The van der Waals surface area contributed by atoms with Crippen LogP contribution in [0, 0.1) is 0 Å². The summed E-state index contributed by atoms with van der Waals surface area (Å²) in [6, 6.07) is 3.82. The van der Waals surface area contributed by atoms with E-state index in [-0.39, 0.29) is 17.4 Å². The Balaban J connectivity index is 3.03. The molecule has 0 saturated heterocycles. The Labute approximate surface area is 103 Å². The van der Waals surface area contributed by atoms with E-state index in [4.69, 9.17) is 0 Å². The number of halogens is 4. The molecule has 2 nitrogen and oxygen atoms in total. The van der Waals surface area contributed by atoms with Crippen LogP contribution in [0.1, 0.15) is 31.7 Å². The highest BCUT2D eigenvalue weighted by atomic mass is 19.3. The van der Waals surface area contributed by atoms with Gasteiger partial charge in [0.25, 0.3) is 0 Å². The van der Waals surface area contributed by atoms with Crippen LogP contribution < -0.4 is 9.47 Å². The molecule has 1 aromatic rings. The summed E-state index contributed by atoms with van der Waals surface area (Å²) in [7, 11) is 0. The zero-order valence-corrected chi connectivity index (χ0v) is 10.00. The predicted octanol–water partition coefficient (Wildman–Crippen LogP) is 4.40. The smallest absolute Gasteiger partial charge is 0.387 e. The fraction of sp³-hybridized carbons (Fsp3) is 0.500. The molecule has 0 aromatic heterocycles. The van der Waals surface area contributed by atoms with Crippen molar-refractivity contribution in [3.8, 4) is 11.5 Å². The highest BCUT2D eigenvalue weighted by Gasteiger charge is 2.13. The molecule has 0 amide bonds. The van der Waals surface area contributed by atoms with Gasteiger partial charge in [0.1, 0.15) is 11.5 Å². The number of alkyl halides is 4. The van der Waals surface area contributed by atoms with Crippen molar-refractivity contribution in [3.63, 3.8) is 0 Å². The molecule has 0 aliphatic heterocycles. The zero-order valence-electron chi connectivity index (χ0n) is 10.00. The third-order valence-corrected chi connectivity index (χ3v) is 2.53. The van der Waals surface area contributed by atoms with Crippen molar-refractivity contribution in [1.29, 1.82) is 0 Å². The number of ether oxygens (including phenoxy) is 2. The van der Waals surface area contributed by atoms with Crippen LogP contribution in [-0.4, -0.2) is 13.2 Å². The van der Waals surface area contributed by atoms with Crippen molar-refractivity contribution < 1.29 is 27.0 Å². The summed E-state index contributed by atoms with van der Waals surface area (Å²) in [5, 5.41) is 0. The van der Waals surface area contributed by atoms with Crippen LogP contribution in [0.4, 0.5) is 17.6 Å². The average molecular weight is 266 g/mol. The van der Waals surface area contributed by atoms with Crippen molar-refractivity contribution in [2.24, 2.45) is 0 Å². The van der Waals surface area contributed by atoms with Crippen LogP contribution in [0.25, 0.3) is 0 Å². The fourth-order valence-corrected chi connectivity index (χ4v) is 1.46. The second kappa shape index (κ2) is 6.47. The van der Waals surface area contributed by atoms with E-state index in [2.05, 4.69) is 9.47 Å². The minimum absolute atomic E-state index is 0.0336. The molecule has 0 aliphatic rings. The first-order valence-electron chi connectivity index (χ1n) is 5.47. The van der Waals surface area contributed by atoms with Crippen molar-refractivity contribution >= 4 is 0 Å². The van der Waals surface area contributed by atoms with Crippen LogP contribution in [0.5, 0.6) is 11.5 Å². The fourth-order valence-electron chi connectivity index (χ4n) is 1.46. The number of rotatable bonds is 6. The van der Waals surface area contributed by atoms with Gasteiger partial charge in [-0.25, -0.2) is 0 Å². The first kappa shape index (κ1) is 14.6. The minimum atomic E-state index is -3.00. The van der Waals surface area contributed by atoms with Gasteiger partial charge in [0.05, 0.1) is 0 Å². The van der Waals surface area contributed by atoms with E-state index in [0.717, 1.165) is 12.5 Å². The van der Waals surface area contributed by atoms with Crippen LogP contribution in [0.3, 0.4) is 0 Å². The summed E-state index contributed by atoms with van der Waals surface area (Å²) in [6.07, 6.45) is 0.742. The predicted molar refractivity (Wildman–Crippen MR) is 58.4 cm³/mol. The van der Waals surface area contributed by atoms with E-state index in [1.165, 1.54) is 12.1 Å². The van der Waals surface area contributed by atoms with Crippen LogP contribution in [-0.2, 0) is 0 Å². The summed E-state index contributed by atoms with van der Waals surface area (Å²) < 4.78 is 56.9. The van der Waals surface area contributed by atoms with Crippen LogP contribution >= 0.6 is 0 Å². The molecule has 0 N–H and O–H groups in total. The normalized spacial score (nSPS) is 12.9. The van der Waals surface area contributed by atoms with Gasteiger partial charge in [-0.2, -0.15) is 17.6 Å². The van der Waals surface area contributed by atoms with E-state index >= 15 is 0 Å². The molecular formula is C12H14F4O2. The maximum absolute atomic E-state index is 12.1. The Hall–Kier alpha value is -1.46. The maximum Gasteiger partial charge on any atom is 0.387 e. The number of hydrogen-bond donors (Lipinski definition) is 0. The molecule has 18 heavy (non-hydrogen) atoms. The Kier molecular flexibility index (Phi) is 5.25. The standard InChI is InChI=1S/C12H14F4O2/c1-3-7(2)8-4-9(17-11(13)14)6-10(5-8)18-12(15)16/h4-7,11-12H,3H2,1-2H3. The van der Waals surface area contributed by atoms with Crippen molar-refractivity contribution in [3.05, 3.63) is 23.8 Å². The first-order valence-corrected chi connectivity index (χ1v) is 5.47. The lowest BCUT2D eigenvalue weighted by Crippen LogP contribution is -2.06. The monoisotopic (exact) mass is 266 g/mol. The lowest BCUT2D eigenvalue weighted by molar-refractivity contribution is -0.0543. The Morgan fingerprint density at radius 2 is 1.39 bits per heavy atom. The number of benzene rings is 1. The summed E-state index contributed by atoms with van der Waals surface area (Å²) >= 11 is 0. The van der Waals surface area contributed by atoms with Crippen molar-refractivity contribution in [1.82, 2.24) is 0 Å². The van der Waals surface area contributed by atoms with Gasteiger partial charge in [-0.15, -0.1) is 0 Å². The number of hydrogen-bond acceptors (Lipinski definition) is 2. The van der Waals surface area contributed by atoms with Crippen LogP contribution in [0.2, 0.25) is 0 Å². The summed E-state index contributed by atoms with van der Waals surface area (Å²) in [6.45, 7) is -2.25. The second-order valence-electron chi connectivity index (χ2n) is 3.80. The van der Waals surface area contributed by atoms with Gasteiger partial charge in [-0.1, -0.05) is 13.8 Å². The van der Waals surface area contributed by atoms with Gasteiger partial charge in [0, 0.05) is 6.07 Å². The van der Waals surface area contributed by atoms with Gasteiger partial charge in [0.2, 0.25) is 0 Å². The van der Waals surface area contributed by atoms with E-state index in [9.17, 15) is 17.6 Å². The molecule has 0 spiro atoms. The third-order valence-electron chi connectivity index (χ3n) is 2.53. The summed E-state index contributed by atoms with van der Waals surface area (Å²) in [4.78, 5) is 0. The molecule has 0 bridgehead atoms. The molecule has 1 atom stereocenters. The zero-order chi connectivity index (χ0) is 13.7. The highest BCUT2D eigenvalue weighted by Crippen LogP contribution is 2.30. The molecule has 1 unspecified atom stereocenters. The summed E-state index contributed by atoms with van der Waals surface area (Å²) in [5.74, 6) is -0.330. The Morgan fingerprint density at radius 1 is 0.944 bits per heavy atom. The van der Waals surface area contributed by atoms with Gasteiger partial charge in [-0.05, 0) is 30.0 Å². The van der Waals surface area contributed by atoms with Gasteiger partial charge >= 0.3 is 13.2 Å². The largest absolute Gasteiger partial charge is 0.435 e. The van der Waals surface area contributed by atoms with E-state index < -0.39 is 13.2 Å². The summed E-state index contributed by atoms with van der Waals surface area (Å²) in [5.41, 5.74) is 0.617. The Bertz CT molecular complexity index is 354. The SMILES string of the molecule is CCC(C)c1cc(OC(F)F)cc(OC(F)F)c1. The average Bonchev–Trinajstić information content (AvgIpc) is 2.25. The van der Waals surface area contributed by atoms with Gasteiger partial charge < -0.3 is 9.47 Å². The minimum Gasteiger partial charge on any atom is -0.435 e. The lowest BCUT2D eigenvalue weighted by atomic mass is 9.98. The van der Waals surface area contributed by atoms with Crippen molar-refractivity contribution in [2.45, 2.75) is 39.4 Å². The van der Waals surface area contributed by atoms with Gasteiger partial charge in [-0.3, -0.25) is 0 Å². The molecule has 1 rings (SSSR count). The molecule has 1 aromatic carbocycles. The molecule has 0 fully saturated rings. The highest BCUT2D eigenvalue weighted by molar-refractivity contribution is 5.40. The molecule has 6 heteroatoms. The maximum atomic E-state index is 12.1. The van der Waals surface area contributed by atoms with Crippen molar-refractivity contribution in [2.75, 3.05) is 0 Å². The topological polar surface area (TPSA) is 18.5 Å². The second-order valence-corrected chi connectivity index (χ2v) is 3.80. The van der Waals surface area contributed by atoms with E-state index in [1.54, 1.807) is 0 Å². The first-order chi connectivity index (χ1) is 8.42. The molecule has 102 valence electrons. The third kappa shape index (κ3) is 4.43.